The minimum absolute atomic E-state index is 0.346. The van der Waals surface area contributed by atoms with Crippen molar-refractivity contribution in [2.75, 3.05) is 5.75 Å². The second kappa shape index (κ2) is 7.31. The van der Waals surface area contributed by atoms with Crippen molar-refractivity contribution in [2.24, 2.45) is 0 Å². The summed E-state index contributed by atoms with van der Waals surface area (Å²) < 4.78 is 0. The smallest absolute Gasteiger partial charge is 0.0966 e. The Morgan fingerprint density at radius 1 is 1.06 bits per heavy atom. The van der Waals surface area contributed by atoms with Crippen LogP contribution >= 0.6 is 23.5 Å². The van der Waals surface area contributed by atoms with Gasteiger partial charge in [-0.25, -0.2) is 0 Å². The van der Waals surface area contributed by atoms with E-state index in [1.54, 1.807) is 0 Å². The van der Waals surface area contributed by atoms with Crippen LogP contribution in [-0.2, 0) is 11.5 Å². The monoisotopic (exact) mass is 273 g/mol. The molecule has 1 aromatic heterocycles. The number of thioether (sulfide) groups is 2. The molecule has 98 valence electrons. The highest BCUT2D eigenvalue weighted by atomic mass is 32.2. The van der Waals surface area contributed by atoms with Gasteiger partial charge in [0.15, 0.2) is 0 Å². The summed E-state index contributed by atoms with van der Waals surface area (Å²) in [4.78, 5) is 1.85. The predicted octanol–water partition coefficient (Wildman–Crippen LogP) is 3.75. The summed E-state index contributed by atoms with van der Waals surface area (Å²) in [7, 11) is 0. The van der Waals surface area contributed by atoms with Gasteiger partial charge in [-0.15, -0.1) is 0 Å². The van der Waals surface area contributed by atoms with E-state index in [1.165, 1.54) is 11.4 Å². The first-order valence-electron chi connectivity index (χ1n) is 6.18. The first-order valence-corrected chi connectivity index (χ1v) is 8.38. The third kappa shape index (κ3) is 4.92. The predicted molar refractivity (Wildman–Crippen MR) is 78.7 cm³/mol. The van der Waals surface area contributed by atoms with Gasteiger partial charge in [0.05, 0.1) is 17.4 Å². The van der Waals surface area contributed by atoms with Crippen LogP contribution in [0.3, 0.4) is 0 Å². The van der Waals surface area contributed by atoms with Crippen LogP contribution in [-0.4, -0.2) is 26.0 Å². The van der Waals surface area contributed by atoms with Crippen molar-refractivity contribution in [1.29, 1.82) is 0 Å². The maximum absolute atomic E-state index is 4.61. The quantitative estimate of drug-likeness (QED) is 0.757. The minimum Gasteiger partial charge on any atom is -0.182 e. The highest BCUT2D eigenvalue weighted by Crippen LogP contribution is 2.21. The average Bonchev–Trinajstić information content (AvgIpc) is 2.67. The van der Waals surface area contributed by atoms with Gasteiger partial charge >= 0.3 is 0 Å². The maximum atomic E-state index is 4.61. The SMILES string of the molecule is CCSCc1nn(C(C)C)nc1CSC(C)C. The van der Waals surface area contributed by atoms with Gasteiger partial charge in [-0.3, -0.25) is 0 Å². The number of aromatic nitrogens is 3. The van der Waals surface area contributed by atoms with Gasteiger partial charge in [0.25, 0.3) is 0 Å². The molecule has 0 amide bonds. The van der Waals surface area contributed by atoms with E-state index in [4.69, 9.17) is 0 Å². The Labute approximate surface area is 113 Å². The van der Waals surface area contributed by atoms with Gasteiger partial charge in [-0.2, -0.15) is 38.5 Å². The molecule has 0 atom stereocenters. The van der Waals surface area contributed by atoms with Crippen LogP contribution in [0.25, 0.3) is 0 Å². The van der Waals surface area contributed by atoms with Gasteiger partial charge in [0.2, 0.25) is 0 Å². The molecule has 3 nitrogen and oxygen atoms in total. The molecule has 0 radical (unpaired) electrons. The molecule has 17 heavy (non-hydrogen) atoms. The molecular weight excluding hydrogens is 250 g/mol. The Kier molecular flexibility index (Phi) is 6.41. The van der Waals surface area contributed by atoms with Crippen molar-refractivity contribution < 1.29 is 0 Å². The Balaban J connectivity index is 2.75. The van der Waals surface area contributed by atoms with Crippen LogP contribution in [0, 0.1) is 0 Å². The summed E-state index contributed by atoms with van der Waals surface area (Å²) in [6.07, 6.45) is 0. The lowest BCUT2D eigenvalue weighted by molar-refractivity contribution is 0.462. The van der Waals surface area contributed by atoms with E-state index in [2.05, 4.69) is 44.8 Å². The van der Waals surface area contributed by atoms with Crippen LogP contribution in [0.5, 0.6) is 0 Å². The number of rotatable bonds is 7. The van der Waals surface area contributed by atoms with Gasteiger partial charge in [-0.05, 0) is 24.9 Å². The fourth-order valence-corrected chi connectivity index (χ4v) is 2.62. The zero-order chi connectivity index (χ0) is 12.8. The molecule has 5 heteroatoms. The minimum atomic E-state index is 0.346. The second-order valence-electron chi connectivity index (χ2n) is 4.50. The van der Waals surface area contributed by atoms with E-state index in [0.717, 1.165) is 17.3 Å². The van der Waals surface area contributed by atoms with Crippen LogP contribution in [0.2, 0.25) is 0 Å². The largest absolute Gasteiger partial charge is 0.182 e. The van der Waals surface area contributed by atoms with E-state index in [9.17, 15) is 0 Å². The Morgan fingerprint density at radius 3 is 2.12 bits per heavy atom. The fourth-order valence-electron chi connectivity index (χ4n) is 1.28. The molecule has 0 aromatic carbocycles. The molecule has 0 saturated carbocycles. The first-order chi connectivity index (χ1) is 8.04. The van der Waals surface area contributed by atoms with Crippen LogP contribution in [0.15, 0.2) is 0 Å². The van der Waals surface area contributed by atoms with Gasteiger partial charge in [0, 0.05) is 11.5 Å². The lowest BCUT2D eigenvalue weighted by Crippen LogP contribution is -2.05. The molecule has 0 aliphatic carbocycles. The van der Waals surface area contributed by atoms with Crippen LogP contribution in [0.4, 0.5) is 0 Å². The molecule has 0 aliphatic rings. The molecule has 1 rings (SSSR count). The molecule has 1 heterocycles. The third-order valence-electron chi connectivity index (χ3n) is 2.24. The van der Waals surface area contributed by atoms with Crippen molar-refractivity contribution in [3.05, 3.63) is 11.4 Å². The van der Waals surface area contributed by atoms with Crippen molar-refractivity contribution in [1.82, 2.24) is 15.0 Å². The van der Waals surface area contributed by atoms with E-state index in [1.807, 2.05) is 28.3 Å². The van der Waals surface area contributed by atoms with E-state index in [-0.39, 0.29) is 0 Å². The van der Waals surface area contributed by atoms with Gasteiger partial charge in [-0.1, -0.05) is 20.8 Å². The molecule has 0 bridgehead atoms. The topological polar surface area (TPSA) is 30.7 Å². The molecule has 0 unspecified atom stereocenters. The summed E-state index contributed by atoms with van der Waals surface area (Å²) in [6.45, 7) is 10.9. The third-order valence-corrected chi connectivity index (χ3v) is 4.23. The van der Waals surface area contributed by atoms with E-state index < -0.39 is 0 Å². The molecular formula is C12H23N3S2. The number of hydrogen-bond donors (Lipinski definition) is 0. The number of hydrogen-bond acceptors (Lipinski definition) is 4. The zero-order valence-corrected chi connectivity index (χ0v) is 13.1. The van der Waals surface area contributed by atoms with Crippen molar-refractivity contribution in [3.8, 4) is 0 Å². The first kappa shape index (κ1) is 14.9. The fraction of sp³-hybridized carbons (Fsp3) is 0.833. The molecule has 0 aliphatic heterocycles. The van der Waals surface area contributed by atoms with Gasteiger partial charge in [0.1, 0.15) is 0 Å². The highest BCUT2D eigenvalue weighted by molar-refractivity contribution is 7.99. The Bertz CT molecular complexity index is 334. The van der Waals surface area contributed by atoms with Crippen molar-refractivity contribution >= 4 is 23.5 Å². The summed E-state index contributed by atoms with van der Waals surface area (Å²) >= 11 is 3.84. The molecule has 0 N–H and O–H groups in total. The molecule has 0 spiro atoms. The standard InChI is InChI=1S/C12H23N3S2/c1-6-16-7-11-12(8-17-10(4)5)14-15(13-11)9(2)3/h9-10H,6-8H2,1-5H3. The summed E-state index contributed by atoms with van der Waals surface area (Å²) in [5, 5.41) is 9.85. The van der Waals surface area contributed by atoms with Crippen molar-refractivity contribution in [3.63, 3.8) is 0 Å². The van der Waals surface area contributed by atoms with Crippen LogP contribution in [0.1, 0.15) is 52.0 Å². The summed E-state index contributed by atoms with van der Waals surface area (Å²) in [5.41, 5.74) is 2.33. The Morgan fingerprint density at radius 2 is 1.65 bits per heavy atom. The Hall–Kier alpha value is -0.160. The molecule has 0 saturated heterocycles. The average molecular weight is 273 g/mol. The normalized spacial score (nSPS) is 11.7. The van der Waals surface area contributed by atoms with Crippen LogP contribution < -0.4 is 0 Å². The molecule has 1 aromatic rings. The highest BCUT2D eigenvalue weighted by Gasteiger charge is 2.13. The lowest BCUT2D eigenvalue weighted by atomic mass is 10.4. The maximum Gasteiger partial charge on any atom is 0.0966 e. The summed E-state index contributed by atoms with van der Waals surface area (Å²) in [6, 6.07) is 0.346. The van der Waals surface area contributed by atoms with Gasteiger partial charge < -0.3 is 0 Å². The van der Waals surface area contributed by atoms with Crippen molar-refractivity contribution in [2.45, 2.75) is 57.4 Å². The lowest BCUT2D eigenvalue weighted by Gasteiger charge is -2.03. The summed E-state index contributed by atoms with van der Waals surface area (Å²) in [5.74, 6) is 3.09. The molecule has 0 fully saturated rings. The van der Waals surface area contributed by atoms with E-state index >= 15 is 0 Å². The van der Waals surface area contributed by atoms with E-state index in [0.29, 0.717) is 11.3 Å². The number of nitrogens with zero attached hydrogens (tertiary/aromatic N) is 3. The second-order valence-corrected chi connectivity index (χ2v) is 7.34. The zero-order valence-electron chi connectivity index (χ0n) is 11.4.